The molecule has 2 aliphatic rings. The molecule has 1 N–H and O–H groups in total. The van der Waals surface area contributed by atoms with E-state index in [9.17, 15) is 9.90 Å². The van der Waals surface area contributed by atoms with Crippen molar-refractivity contribution in [1.29, 1.82) is 0 Å². The summed E-state index contributed by atoms with van der Waals surface area (Å²) < 4.78 is 5.84. The first kappa shape index (κ1) is 21.6. The van der Waals surface area contributed by atoms with Crippen molar-refractivity contribution < 1.29 is 14.6 Å². The second kappa shape index (κ2) is 7.72. The average Bonchev–Trinajstić information content (AvgIpc) is 2.55. The summed E-state index contributed by atoms with van der Waals surface area (Å²) in [5.74, 6) is -0.168. The number of esters is 1. The van der Waals surface area contributed by atoms with Crippen molar-refractivity contribution in [2.45, 2.75) is 54.1 Å². The Labute approximate surface area is 168 Å². The summed E-state index contributed by atoms with van der Waals surface area (Å²) in [7, 11) is 0. The zero-order valence-corrected chi connectivity index (χ0v) is 17.9. The van der Waals surface area contributed by atoms with Crippen molar-refractivity contribution in [2.24, 2.45) is 10.8 Å². The zero-order chi connectivity index (χ0) is 21.2. The first-order valence-corrected chi connectivity index (χ1v) is 9.47. The van der Waals surface area contributed by atoms with Crippen LogP contribution in [-0.4, -0.2) is 16.7 Å². The van der Waals surface area contributed by atoms with Gasteiger partial charge in [-0.15, -0.1) is 5.73 Å². The number of hydrogen-bond acceptors (Lipinski definition) is 3. The second-order valence-electron chi connectivity index (χ2n) is 8.89. The average molecular weight is 379 g/mol. The number of ether oxygens (including phenoxy) is 1. The molecule has 0 saturated carbocycles. The number of hydrogen-bond donors (Lipinski definition) is 1. The van der Waals surface area contributed by atoms with Crippen LogP contribution in [0, 0.1) is 10.8 Å². The lowest BCUT2D eigenvalue weighted by atomic mass is 9.79. The third kappa shape index (κ3) is 5.39. The first-order chi connectivity index (χ1) is 12.8. The highest BCUT2D eigenvalue weighted by atomic mass is 16.6. The lowest BCUT2D eigenvalue weighted by molar-refractivity contribution is -0.160. The summed E-state index contributed by atoms with van der Waals surface area (Å²) in [6.07, 6.45) is 15.2. The van der Waals surface area contributed by atoms with Crippen LogP contribution in [0.3, 0.4) is 0 Å². The van der Waals surface area contributed by atoms with E-state index < -0.39 is 16.4 Å². The largest absolute Gasteiger partial charge is 0.501 e. The van der Waals surface area contributed by atoms with Crippen molar-refractivity contribution in [3.63, 3.8) is 0 Å². The molecule has 0 bridgehead atoms. The highest BCUT2D eigenvalue weighted by Crippen LogP contribution is 2.35. The quantitative estimate of drug-likeness (QED) is 0.470. The molecule has 0 spiro atoms. The summed E-state index contributed by atoms with van der Waals surface area (Å²) in [5.41, 5.74) is 7.00. The molecule has 0 fully saturated rings. The van der Waals surface area contributed by atoms with Crippen LogP contribution in [0.25, 0.3) is 0 Å². The monoisotopic (exact) mass is 378 g/mol. The summed E-state index contributed by atoms with van der Waals surface area (Å²) in [6.45, 7) is 13.3. The lowest BCUT2D eigenvalue weighted by Gasteiger charge is -2.30. The summed E-state index contributed by atoms with van der Waals surface area (Å²) in [4.78, 5) is 12.5. The molecule has 0 amide bonds. The first-order valence-electron chi connectivity index (χ1n) is 9.47. The molecule has 2 rings (SSSR count). The topological polar surface area (TPSA) is 46.5 Å². The van der Waals surface area contributed by atoms with Gasteiger partial charge in [0.15, 0.2) is 5.76 Å². The van der Waals surface area contributed by atoms with Crippen molar-refractivity contribution >= 4 is 5.97 Å². The Morgan fingerprint density at radius 3 is 2.36 bits per heavy atom. The Balaban J connectivity index is 2.47. The number of carbonyl (C=O) groups excluding carboxylic acids is 1. The molecule has 3 nitrogen and oxygen atoms in total. The lowest BCUT2D eigenvalue weighted by Crippen LogP contribution is -2.34. The summed E-state index contributed by atoms with van der Waals surface area (Å²) in [5, 5.41) is 9.96. The van der Waals surface area contributed by atoms with E-state index in [1.165, 1.54) is 0 Å². The summed E-state index contributed by atoms with van der Waals surface area (Å²) in [6, 6.07) is 0. The van der Waals surface area contributed by atoms with Crippen molar-refractivity contribution in [3.8, 4) is 0 Å². The third-order valence-corrected chi connectivity index (χ3v) is 4.65. The van der Waals surface area contributed by atoms with Crippen LogP contribution >= 0.6 is 0 Å². The Bertz CT molecular complexity index is 891. The maximum absolute atomic E-state index is 12.5. The van der Waals surface area contributed by atoms with E-state index in [1.54, 1.807) is 6.08 Å². The molecule has 2 unspecified atom stereocenters. The van der Waals surface area contributed by atoms with E-state index in [2.05, 4.69) is 17.5 Å². The van der Waals surface area contributed by atoms with Gasteiger partial charge in [-0.05, 0) is 90.0 Å². The number of aliphatic hydroxyl groups is 1. The van der Waals surface area contributed by atoms with Crippen LogP contribution in [0.5, 0.6) is 0 Å². The van der Waals surface area contributed by atoms with Crippen molar-refractivity contribution in [1.82, 2.24) is 0 Å². The number of aliphatic hydroxyl groups excluding tert-OH is 1. The predicted molar refractivity (Wildman–Crippen MR) is 114 cm³/mol. The maximum Gasteiger partial charge on any atom is 0.312 e. The fourth-order valence-corrected chi connectivity index (χ4v) is 2.85. The van der Waals surface area contributed by atoms with Gasteiger partial charge >= 0.3 is 5.97 Å². The molecule has 0 aromatic heterocycles. The second-order valence-corrected chi connectivity index (χ2v) is 8.89. The van der Waals surface area contributed by atoms with Crippen LogP contribution in [0.4, 0.5) is 0 Å². The van der Waals surface area contributed by atoms with Crippen molar-refractivity contribution in [2.75, 3.05) is 0 Å². The van der Waals surface area contributed by atoms with E-state index in [0.717, 1.165) is 16.7 Å². The van der Waals surface area contributed by atoms with Crippen LogP contribution < -0.4 is 0 Å². The SMILES string of the molecule is CC1=C=C(O)/C=C\C(C)(C2=C=C/C(C)=C\C(C)(OC(=O)C(C)(C)C)C=C2)C=C1. The minimum absolute atomic E-state index is 0.0903. The normalized spacial score (nSPS) is 30.5. The van der Waals surface area contributed by atoms with Crippen LogP contribution in [0.1, 0.15) is 48.5 Å². The number of rotatable bonds is 2. The van der Waals surface area contributed by atoms with Gasteiger partial charge in [0, 0.05) is 11.0 Å². The molecule has 28 heavy (non-hydrogen) atoms. The van der Waals surface area contributed by atoms with Crippen LogP contribution in [0.15, 0.2) is 82.5 Å². The predicted octanol–water partition coefficient (Wildman–Crippen LogP) is 6.05. The van der Waals surface area contributed by atoms with E-state index in [0.29, 0.717) is 0 Å². The Morgan fingerprint density at radius 1 is 1.07 bits per heavy atom. The molecule has 0 heterocycles. The molecule has 3 heteroatoms. The Hall–Kier alpha value is -2.73. The Kier molecular flexibility index (Phi) is 5.94. The molecular weight excluding hydrogens is 348 g/mol. The van der Waals surface area contributed by atoms with E-state index in [4.69, 9.17) is 4.74 Å². The molecule has 0 aromatic rings. The highest BCUT2D eigenvalue weighted by molar-refractivity contribution is 5.76. The van der Waals surface area contributed by atoms with Crippen molar-refractivity contribution in [3.05, 3.63) is 82.5 Å². The van der Waals surface area contributed by atoms with E-state index >= 15 is 0 Å². The van der Waals surface area contributed by atoms with Gasteiger partial charge in [0.1, 0.15) is 5.60 Å². The van der Waals surface area contributed by atoms with Gasteiger partial charge in [-0.1, -0.05) is 24.0 Å². The van der Waals surface area contributed by atoms with E-state index in [1.807, 2.05) is 84.9 Å². The van der Waals surface area contributed by atoms with Crippen LogP contribution in [-0.2, 0) is 9.53 Å². The molecule has 2 atom stereocenters. The van der Waals surface area contributed by atoms with Crippen LogP contribution in [0.2, 0.25) is 0 Å². The number of carbonyl (C=O) groups is 1. The minimum Gasteiger partial charge on any atom is -0.501 e. The fraction of sp³-hybridized carbons (Fsp3) is 0.400. The van der Waals surface area contributed by atoms with Gasteiger partial charge in [-0.3, -0.25) is 4.79 Å². The molecule has 0 saturated heterocycles. The molecule has 2 aliphatic carbocycles. The number of allylic oxidation sites excluding steroid dienone is 7. The minimum atomic E-state index is -0.860. The van der Waals surface area contributed by atoms with Gasteiger partial charge in [-0.25, -0.2) is 0 Å². The third-order valence-electron chi connectivity index (χ3n) is 4.65. The summed E-state index contributed by atoms with van der Waals surface area (Å²) >= 11 is 0. The molecular formula is C25H30O3. The van der Waals surface area contributed by atoms with Gasteiger partial charge in [0.25, 0.3) is 0 Å². The standard InChI is InChI=1S/C25H30O3/c1-18-10-13-24(6,14-12-21(26)16-18)20-9-8-19(2)17-25(7,15-11-20)28-22(27)23(3,4)5/h8,10-15,17,26H,1-7H3/b13-10?,14-12-,15-11?,19-17-. The smallest absolute Gasteiger partial charge is 0.312 e. The molecule has 0 aromatic carbocycles. The molecule has 0 radical (unpaired) electrons. The van der Waals surface area contributed by atoms with E-state index in [-0.39, 0.29) is 11.7 Å². The van der Waals surface area contributed by atoms with Gasteiger partial charge < -0.3 is 9.84 Å². The zero-order valence-electron chi connectivity index (χ0n) is 17.9. The van der Waals surface area contributed by atoms with Gasteiger partial charge in [-0.2, -0.15) is 0 Å². The molecule has 0 aliphatic heterocycles. The van der Waals surface area contributed by atoms with Gasteiger partial charge in [0.05, 0.1) is 5.41 Å². The Morgan fingerprint density at radius 2 is 1.71 bits per heavy atom. The maximum atomic E-state index is 12.5. The van der Waals surface area contributed by atoms with Gasteiger partial charge in [0.2, 0.25) is 0 Å². The molecule has 148 valence electrons. The fourth-order valence-electron chi connectivity index (χ4n) is 2.85. The highest BCUT2D eigenvalue weighted by Gasteiger charge is 2.32.